The topological polar surface area (TPSA) is 184 Å². The van der Waals surface area contributed by atoms with Crippen LogP contribution in [0.15, 0.2) is 77.8 Å². The quantitative estimate of drug-likeness (QED) is 0.148. The van der Waals surface area contributed by atoms with Gasteiger partial charge in [0.05, 0.1) is 55.0 Å². The van der Waals surface area contributed by atoms with Crippen LogP contribution in [0.2, 0.25) is 10.0 Å². The second-order valence-corrected chi connectivity index (χ2v) is 21.1. The number of pyridine rings is 2. The maximum Gasteiger partial charge on any atom is 0.494 e. The fourth-order valence-electron chi connectivity index (χ4n) is 5.27. The third-order valence-corrected chi connectivity index (χ3v) is 13.8. The van der Waals surface area contributed by atoms with Gasteiger partial charge in [0.25, 0.3) is 0 Å². The van der Waals surface area contributed by atoms with E-state index in [0.29, 0.717) is 21.2 Å². The molecule has 1 fully saturated rings. The van der Waals surface area contributed by atoms with Gasteiger partial charge in [-0.15, -0.1) is 0 Å². The van der Waals surface area contributed by atoms with Crippen molar-refractivity contribution in [3.8, 4) is 23.3 Å². The van der Waals surface area contributed by atoms with Crippen molar-refractivity contribution in [3.63, 3.8) is 0 Å². The molecule has 2 N–H and O–H groups in total. The van der Waals surface area contributed by atoms with Crippen LogP contribution < -0.4 is 14.9 Å². The molecule has 0 aliphatic carbocycles. The summed E-state index contributed by atoms with van der Waals surface area (Å²) in [6.45, 7) is 18.4. The predicted octanol–water partition coefficient (Wildman–Crippen LogP) is 7.98. The second-order valence-electron chi connectivity index (χ2n) is 15.4. The van der Waals surface area contributed by atoms with Crippen LogP contribution in [0.1, 0.15) is 91.5 Å². The molecule has 0 radical (unpaired) electrons. The number of rotatable bonds is 10. The number of nitrogens with zero attached hydrogens (tertiary/aromatic N) is 4. The number of halogens is 3. The summed E-state index contributed by atoms with van der Waals surface area (Å²) in [6.07, 6.45) is 6.62. The molecule has 1 saturated heterocycles. The Balaban J connectivity index is 0.000000239. The van der Waals surface area contributed by atoms with Gasteiger partial charge >= 0.3 is 7.12 Å². The molecule has 5 rings (SSSR count). The number of nitriles is 2. The minimum Gasteiger partial charge on any atom is -0.399 e. The highest BCUT2D eigenvalue weighted by atomic mass is 79.9. The summed E-state index contributed by atoms with van der Waals surface area (Å²) in [4.78, 5) is 8.24. The van der Waals surface area contributed by atoms with Crippen LogP contribution in [0.5, 0.6) is 0 Å². The van der Waals surface area contributed by atoms with Gasteiger partial charge < -0.3 is 9.31 Å². The first kappa shape index (κ1) is 49.0. The van der Waals surface area contributed by atoms with E-state index in [1.807, 2.05) is 71.9 Å². The standard InChI is InChI=1S/C17H18ClN3O2S.C13H15BClNO2.C10H15BrN2O2S/c1-4-24(22,23)21-17(2,3)15-7-14(10-20-11-15)12-5-6-13(9-19)16(18)8-12;1-12(2)13(3,4)18-14(17-12)10-6-5-9(8-16)11(15)7-10;1-4-16(14,15)13-10(2,3)8-5-9(11)7-12-6-8/h5-8,10-11,21H,4H2,1-3H3;5-7H,1-4H3;5-7,13H,4H2,1-3H3. The summed E-state index contributed by atoms with van der Waals surface area (Å²) < 4.78 is 64.8. The zero-order chi connectivity index (χ0) is 43.9. The first-order chi connectivity index (χ1) is 26.7. The predicted molar refractivity (Wildman–Crippen MR) is 234 cm³/mol. The average molecular weight is 935 g/mol. The molecule has 1 aliphatic rings. The molecule has 0 atom stereocenters. The molecule has 0 saturated carbocycles. The minimum atomic E-state index is -3.35. The molecule has 0 spiro atoms. The van der Waals surface area contributed by atoms with E-state index in [4.69, 9.17) is 43.0 Å². The number of aromatic nitrogens is 2. The van der Waals surface area contributed by atoms with Crippen molar-refractivity contribution in [2.24, 2.45) is 0 Å². The molecule has 2 aromatic heterocycles. The third kappa shape index (κ3) is 13.0. The molecule has 4 aromatic rings. The number of hydrogen-bond acceptors (Lipinski definition) is 10. The number of benzene rings is 2. The number of sulfonamides is 2. The molecule has 58 heavy (non-hydrogen) atoms. The van der Waals surface area contributed by atoms with E-state index in [9.17, 15) is 16.8 Å². The first-order valence-corrected chi connectivity index (χ1v) is 22.9. The van der Waals surface area contributed by atoms with Crippen molar-refractivity contribution >= 4 is 71.8 Å². The van der Waals surface area contributed by atoms with Crippen LogP contribution in [0.4, 0.5) is 0 Å². The highest BCUT2D eigenvalue weighted by Crippen LogP contribution is 2.37. The van der Waals surface area contributed by atoms with Crippen LogP contribution >= 0.6 is 39.1 Å². The fraction of sp³-hybridized carbons (Fsp3) is 0.400. The maximum absolute atomic E-state index is 11.9. The smallest absolute Gasteiger partial charge is 0.399 e. The molecule has 2 aromatic carbocycles. The lowest BCUT2D eigenvalue weighted by atomic mass is 9.79. The Morgan fingerprint density at radius 1 is 0.707 bits per heavy atom. The third-order valence-electron chi connectivity index (χ3n) is 9.53. The lowest BCUT2D eigenvalue weighted by molar-refractivity contribution is 0.00578. The van der Waals surface area contributed by atoms with Crippen LogP contribution in [0.25, 0.3) is 11.1 Å². The highest BCUT2D eigenvalue weighted by molar-refractivity contribution is 9.10. The second kappa shape index (κ2) is 19.3. The number of nitrogens with one attached hydrogen (secondary N) is 2. The van der Waals surface area contributed by atoms with Gasteiger partial charge in [0, 0.05) is 34.8 Å². The Bertz CT molecular complexity index is 2400. The first-order valence-electron chi connectivity index (χ1n) is 18.1. The summed E-state index contributed by atoms with van der Waals surface area (Å²) in [5.41, 5.74) is 2.63. The molecule has 0 unspecified atom stereocenters. The summed E-state index contributed by atoms with van der Waals surface area (Å²) in [6, 6.07) is 18.1. The molecular formula is C40H48BBrCl2N6O6S2. The Hall–Kier alpha value is -3.42. The maximum atomic E-state index is 11.9. The van der Waals surface area contributed by atoms with E-state index >= 15 is 0 Å². The van der Waals surface area contributed by atoms with Crippen LogP contribution in [0.3, 0.4) is 0 Å². The molecular weight excluding hydrogens is 886 g/mol. The molecule has 12 nitrogen and oxygen atoms in total. The zero-order valence-electron chi connectivity index (χ0n) is 34.1. The van der Waals surface area contributed by atoms with Crippen molar-refractivity contribution in [3.05, 3.63) is 110 Å². The van der Waals surface area contributed by atoms with Gasteiger partial charge in [0.1, 0.15) is 12.1 Å². The molecule has 18 heteroatoms. The summed E-state index contributed by atoms with van der Waals surface area (Å²) in [5, 5.41) is 18.6. The Morgan fingerprint density at radius 2 is 1.16 bits per heavy atom. The van der Waals surface area contributed by atoms with E-state index in [1.165, 1.54) is 0 Å². The van der Waals surface area contributed by atoms with Gasteiger partial charge in [0.2, 0.25) is 20.0 Å². The lowest BCUT2D eigenvalue weighted by Crippen LogP contribution is -2.41. The van der Waals surface area contributed by atoms with Gasteiger partial charge in [-0.25, -0.2) is 26.3 Å². The van der Waals surface area contributed by atoms with Crippen molar-refractivity contribution < 1.29 is 26.1 Å². The van der Waals surface area contributed by atoms with Gasteiger partial charge in [0.15, 0.2) is 0 Å². The molecule has 3 heterocycles. The minimum absolute atomic E-state index is 0.00871. The Morgan fingerprint density at radius 3 is 1.59 bits per heavy atom. The van der Waals surface area contributed by atoms with Gasteiger partial charge in [-0.2, -0.15) is 10.5 Å². The van der Waals surface area contributed by atoms with Crippen LogP contribution in [-0.2, 0) is 40.4 Å². The largest absolute Gasteiger partial charge is 0.494 e. The highest BCUT2D eigenvalue weighted by Gasteiger charge is 2.51. The van der Waals surface area contributed by atoms with E-state index in [0.717, 1.165) is 32.2 Å². The van der Waals surface area contributed by atoms with Crippen LogP contribution in [-0.4, -0.2) is 56.6 Å². The van der Waals surface area contributed by atoms with Gasteiger partial charge in [-0.1, -0.05) is 35.3 Å². The van der Waals surface area contributed by atoms with Crippen molar-refractivity contribution in [2.45, 2.75) is 91.5 Å². The van der Waals surface area contributed by atoms with Gasteiger partial charge in [-0.05, 0) is 144 Å². The van der Waals surface area contributed by atoms with Crippen molar-refractivity contribution in [1.29, 1.82) is 10.5 Å². The Labute approximate surface area is 362 Å². The average Bonchev–Trinajstić information content (AvgIpc) is 3.37. The fourth-order valence-corrected chi connectivity index (χ4v) is 8.16. The lowest BCUT2D eigenvalue weighted by Gasteiger charge is -2.32. The Kier molecular flexibility index (Phi) is 16.3. The van der Waals surface area contributed by atoms with Gasteiger partial charge in [-0.3, -0.25) is 9.97 Å². The van der Waals surface area contributed by atoms with E-state index in [1.54, 1.807) is 82.8 Å². The number of hydrogen-bond donors (Lipinski definition) is 2. The van der Waals surface area contributed by atoms with Crippen LogP contribution in [0, 0.1) is 22.7 Å². The van der Waals surface area contributed by atoms with Crippen molar-refractivity contribution in [2.75, 3.05) is 11.5 Å². The SMILES string of the molecule is CC1(C)OB(c2ccc(C#N)c(Cl)c2)OC1(C)C.CCS(=O)(=O)NC(C)(C)c1cncc(-c2ccc(C#N)c(Cl)c2)c1.CCS(=O)(=O)NC(C)(C)c1cncc(Br)c1. The molecule has 310 valence electrons. The summed E-state index contributed by atoms with van der Waals surface area (Å²) in [5.74, 6) is 0.0760. The van der Waals surface area contributed by atoms with Crippen molar-refractivity contribution in [1.82, 2.24) is 19.4 Å². The van der Waals surface area contributed by atoms with E-state index in [-0.39, 0.29) is 22.7 Å². The monoisotopic (exact) mass is 932 g/mol. The van der Waals surface area contributed by atoms with E-state index < -0.39 is 38.2 Å². The molecule has 0 bridgehead atoms. The molecule has 0 amide bonds. The summed E-state index contributed by atoms with van der Waals surface area (Å²) in [7, 11) is -7.03. The summed E-state index contributed by atoms with van der Waals surface area (Å²) >= 11 is 15.4. The van der Waals surface area contributed by atoms with E-state index in [2.05, 4.69) is 35.3 Å². The zero-order valence-corrected chi connectivity index (χ0v) is 38.8. The molecule has 1 aliphatic heterocycles. The normalized spacial score (nSPS) is 14.9.